The number of aryl methyl sites for hydroxylation is 3. The van der Waals surface area contributed by atoms with Gasteiger partial charge >= 0.3 is 0 Å². The van der Waals surface area contributed by atoms with E-state index < -0.39 is 0 Å². The second-order valence-corrected chi connectivity index (χ2v) is 6.81. The Morgan fingerprint density at radius 3 is 2.95 bits per heavy atom. The number of fused-ring (bicyclic) bond motifs is 2. The summed E-state index contributed by atoms with van der Waals surface area (Å²) in [6.45, 7) is 2.12. The predicted octanol–water partition coefficient (Wildman–Crippen LogP) is 4.87. The normalized spacial score (nSPS) is 15.2. The largest absolute Gasteiger partial charge is 0.337 e. The van der Waals surface area contributed by atoms with Crippen molar-refractivity contribution in [3.8, 4) is 10.7 Å². The fourth-order valence-corrected chi connectivity index (χ4v) is 4.27. The van der Waals surface area contributed by atoms with Gasteiger partial charge in [0.15, 0.2) is 0 Å². The van der Waals surface area contributed by atoms with Crippen LogP contribution in [-0.4, -0.2) is 9.97 Å². The van der Waals surface area contributed by atoms with Crippen LogP contribution < -0.4 is 0 Å². The zero-order valence-corrected chi connectivity index (χ0v) is 12.5. The number of benzene rings is 1. The number of para-hydroxylation sites is 1. The van der Waals surface area contributed by atoms with Gasteiger partial charge in [0.05, 0.1) is 15.9 Å². The highest BCUT2D eigenvalue weighted by Gasteiger charge is 2.15. The van der Waals surface area contributed by atoms with Crippen molar-refractivity contribution in [2.24, 2.45) is 0 Å². The zero-order chi connectivity index (χ0) is 13.5. The Labute approximate surface area is 122 Å². The van der Waals surface area contributed by atoms with Crippen LogP contribution in [0, 0.1) is 6.92 Å². The Morgan fingerprint density at radius 2 is 2.05 bits per heavy atom. The maximum Gasteiger partial charge on any atom is 0.148 e. The molecule has 0 atom stereocenters. The van der Waals surface area contributed by atoms with E-state index in [0.29, 0.717) is 0 Å². The van der Waals surface area contributed by atoms with Crippen LogP contribution in [0.2, 0.25) is 0 Å². The molecule has 0 bridgehead atoms. The topological polar surface area (TPSA) is 28.7 Å². The predicted molar refractivity (Wildman–Crippen MR) is 85.4 cm³/mol. The van der Waals surface area contributed by atoms with Crippen LogP contribution in [0.15, 0.2) is 24.3 Å². The summed E-state index contributed by atoms with van der Waals surface area (Å²) in [5.41, 5.74) is 5.04. The van der Waals surface area contributed by atoms with Crippen molar-refractivity contribution < 1.29 is 0 Å². The number of hydrogen-bond donors (Lipinski definition) is 1. The summed E-state index contributed by atoms with van der Waals surface area (Å²) < 4.78 is 0. The van der Waals surface area contributed by atoms with Crippen LogP contribution in [0.3, 0.4) is 0 Å². The minimum atomic E-state index is 1.03. The molecule has 0 spiro atoms. The molecule has 1 N–H and O–H groups in total. The lowest BCUT2D eigenvalue weighted by molar-refractivity contribution is 0.713. The first-order valence-corrected chi connectivity index (χ1v) is 8.20. The van der Waals surface area contributed by atoms with Gasteiger partial charge in [-0.05, 0) is 55.9 Å². The zero-order valence-electron chi connectivity index (χ0n) is 11.7. The molecule has 0 saturated heterocycles. The summed E-state index contributed by atoms with van der Waals surface area (Å²) >= 11 is 1.93. The van der Waals surface area contributed by atoms with Gasteiger partial charge in [-0.1, -0.05) is 18.6 Å². The van der Waals surface area contributed by atoms with Gasteiger partial charge in [0.1, 0.15) is 5.82 Å². The van der Waals surface area contributed by atoms with Crippen molar-refractivity contribution in [2.75, 3.05) is 0 Å². The first kappa shape index (κ1) is 12.2. The molecule has 0 radical (unpaired) electrons. The number of aromatic nitrogens is 2. The second kappa shape index (κ2) is 4.74. The maximum absolute atomic E-state index is 4.80. The van der Waals surface area contributed by atoms with Crippen molar-refractivity contribution in [2.45, 2.75) is 39.0 Å². The molecule has 4 rings (SSSR count). The Morgan fingerprint density at radius 1 is 1.15 bits per heavy atom. The number of imidazole rings is 1. The van der Waals surface area contributed by atoms with Gasteiger partial charge in [0, 0.05) is 4.88 Å². The van der Waals surface area contributed by atoms with Crippen molar-refractivity contribution in [1.29, 1.82) is 0 Å². The van der Waals surface area contributed by atoms with Crippen LogP contribution in [0.5, 0.6) is 0 Å². The van der Waals surface area contributed by atoms with Crippen molar-refractivity contribution in [3.63, 3.8) is 0 Å². The molecular weight excluding hydrogens is 264 g/mol. The first-order valence-electron chi connectivity index (χ1n) is 7.38. The number of H-pyrrole nitrogens is 1. The quantitative estimate of drug-likeness (QED) is 0.634. The van der Waals surface area contributed by atoms with Crippen LogP contribution in [0.1, 0.15) is 35.3 Å². The lowest BCUT2D eigenvalue weighted by Gasteiger charge is -1.92. The molecule has 2 nitrogen and oxygen atoms in total. The molecule has 2 aromatic heterocycles. The highest BCUT2D eigenvalue weighted by molar-refractivity contribution is 7.15. The molecule has 0 saturated carbocycles. The van der Waals surface area contributed by atoms with E-state index in [1.165, 1.54) is 42.5 Å². The number of thiophene rings is 1. The van der Waals surface area contributed by atoms with Crippen LogP contribution >= 0.6 is 11.3 Å². The summed E-state index contributed by atoms with van der Waals surface area (Å²) in [5.74, 6) is 1.03. The van der Waals surface area contributed by atoms with Crippen molar-refractivity contribution >= 4 is 22.4 Å². The molecule has 3 aromatic rings. The Hall–Kier alpha value is -1.61. The Kier molecular flexibility index (Phi) is 2.88. The van der Waals surface area contributed by atoms with E-state index >= 15 is 0 Å². The molecule has 102 valence electrons. The maximum atomic E-state index is 4.80. The van der Waals surface area contributed by atoms with Gasteiger partial charge in [0.25, 0.3) is 0 Å². The van der Waals surface area contributed by atoms with Gasteiger partial charge in [-0.15, -0.1) is 11.3 Å². The molecule has 0 amide bonds. The third kappa shape index (κ3) is 1.97. The number of nitrogens with one attached hydrogen (secondary N) is 1. The Bertz CT molecular complexity index is 743. The van der Waals surface area contributed by atoms with E-state index in [2.05, 4.69) is 36.2 Å². The summed E-state index contributed by atoms with van der Waals surface area (Å²) in [6.07, 6.45) is 6.54. The highest BCUT2D eigenvalue weighted by Crippen LogP contribution is 2.34. The minimum absolute atomic E-state index is 1.03. The number of nitrogens with zero attached hydrogens (tertiary/aromatic N) is 1. The molecule has 1 aromatic carbocycles. The third-order valence-electron chi connectivity index (χ3n) is 4.19. The lowest BCUT2D eigenvalue weighted by atomic mass is 10.1. The highest BCUT2D eigenvalue weighted by atomic mass is 32.1. The van der Waals surface area contributed by atoms with Gasteiger partial charge in [-0.3, -0.25) is 0 Å². The van der Waals surface area contributed by atoms with Crippen molar-refractivity contribution in [1.82, 2.24) is 9.97 Å². The van der Waals surface area contributed by atoms with Crippen LogP contribution in [-0.2, 0) is 12.8 Å². The average molecular weight is 282 g/mol. The molecule has 20 heavy (non-hydrogen) atoms. The summed E-state index contributed by atoms with van der Waals surface area (Å²) in [6, 6.07) is 8.68. The second-order valence-electron chi connectivity index (χ2n) is 5.68. The molecule has 2 heterocycles. The standard InChI is InChI=1S/C17H18N2S/c1-11-6-5-8-13-16(11)19-17(18-13)15-10-12-7-3-2-4-9-14(12)20-15/h5-6,8,10H,2-4,7,9H2,1H3,(H,18,19). The number of rotatable bonds is 1. The van der Waals surface area contributed by atoms with E-state index in [1.54, 1.807) is 10.4 Å². The van der Waals surface area contributed by atoms with Gasteiger partial charge in [0.2, 0.25) is 0 Å². The molecule has 3 heteroatoms. The van der Waals surface area contributed by atoms with Crippen molar-refractivity contribution in [3.05, 3.63) is 40.3 Å². The molecule has 0 unspecified atom stereocenters. The summed E-state index contributed by atoms with van der Waals surface area (Å²) in [7, 11) is 0. The summed E-state index contributed by atoms with van der Waals surface area (Å²) in [4.78, 5) is 11.2. The average Bonchev–Trinajstić information content (AvgIpc) is 2.99. The molecule has 0 fully saturated rings. The number of hydrogen-bond acceptors (Lipinski definition) is 2. The molecule has 1 aliphatic rings. The number of aromatic amines is 1. The smallest absolute Gasteiger partial charge is 0.148 e. The molecule has 0 aliphatic heterocycles. The van der Waals surface area contributed by atoms with Gasteiger partial charge in [-0.25, -0.2) is 4.98 Å². The van der Waals surface area contributed by atoms with E-state index in [-0.39, 0.29) is 0 Å². The Balaban J connectivity index is 1.81. The van der Waals surface area contributed by atoms with Crippen LogP contribution in [0.25, 0.3) is 21.7 Å². The fraction of sp³-hybridized carbons (Fsp3) is 0.353. The minimum Gasteiger partial charge on any atom is -0.337 e. The van der Waals surface area contributed by atoms with Gasteiger partial charge < -0.3 is 4.98 Å². The monoisotopic (exact) mass is 282 g/mol. The van der Waals surface area contributed by atoms with Gasteiger partial charge in [-0.2, -0.15) is 0 Å². The molecule has 1 aliphatic carbocycles. The third-order valence-corrected chi connectivity index (χ3v) is 5.44. The lowest BCUT2D eigenvalue weighted by Crippen LogP contribution is -1.81. The SMILES string of the molecule is Cc1cccc2[nH]c(-c3cc4c(s3)CCCCC4)nc12. The fourth-order valence-electron chi connectivity index (χ4n) is 3.08. The van der Waals surface area contributed by atoms with Crippen LogP contribution in [0.4, 0.5) is 0 Å². The summed E-state index contributed by atoms with van der Waals surface area (Å²) in [5, 5.41) is 0. The van der Waals surface area contributed by atoms with E-state index in [1.807, 2.05) is 11.3 Å². The van der Waals surface area contributed by atoms with E-state index in [0.717, 1.165) is 16.9 Å². The van der Waals surface area contributed by atoms with E-state index in [9.17, 15) is 0 Å². The molecular formula is C17H18N2S. The van der Waals surface area contributed by atoms with E-state index in [4.69, 9.17) is 4.98 Å². The first-order chi connectivity index (χ1) is 9.81.